The van der Waals surface area contributed by atoms with Crippen LogP contribution in [0.3, 0.4) is 0 Å². The quantitative estimate of drug-likeness (QED) is 0.592. The van der Waals surface area contributed by atoms with Crippen LogP contribution in [0, 0.1) is 12.3 Å². The average Bonchev–Trinajstić information content (AvgIpc) is 2.59. The monoisotopic (exact) mass is 293 g/mol. The van der Waals surface area contributed by atoms with Crippen molar-refractivity contribution in [3.05, 3.63) is 18.5 Å². The minimum atomic E-state index is -0.664. The van der Waals surface area contributed by atoms with E-state index in [0.29, 0.717) is 19.4 Å². The Balaban J connectivity index is 2.06. The third kappa shape index (κ3) is 3.04. The van der Waals surface area contributed by atoms with Crippen LogP contribution in [0.4, 0.5) is 0 Å². The lowest BCUT2D eigenvalue weighted by Crippen LogP contribution is -2.41. The zero-order valence-electron chi connectivity index (χ0n) is 13.8. The van der Waals surface area contributed by atoms with Crippen LogP contribution in [0.25, 0.3) is 0 Å². The van der Waals surface area contributed by atoms with Gasteiger partial charge in [0.05, 0.1) is 23.2 Å². The highest BCUT2D eigenvalue weighted by molar-refractivity contribution is 6.54. The molecule has 0 amide bonds. The standard InChI is InChI=1S/C16H26BO4/c1-7-19-13(18)16(6)10-8-12(9-11-16)17-20-14(2,3)15(4,5)21-17/h8H,6-7,9-11H2,1-5H3. The molecular weight excluding hydrogens is 267 g/mol. The van der Waals surface area contributed by atoms with Crippen molar-refractivity contribution < 1.29 is 18.8 Å². The highest BCUT2D eigenvalue weighted by Gasteiger charge is 2.53. The molecule has 1 heterocycles. The molecule has 1 unspecified atom stereocenters. The Morgan fingerprint density at radius 3 is 2.33 bits per heavy atom. The van der Waals surface area contributed by atoms with Gasteiger partial charge in [-0.2, -0.15) is 0 Å². The van der Waals surface area contributed by atoms with E-state index >= 15 is 0 Å². The summed E-state index contributed by atoms with van der Waals surface area (Å²) < 4.78 is 17.2. The fourth-order valence-corrected chi connectivity index (χ4v) is 2.59. The lowest BCUT2D eigenvalue weighted by atomic mass is 9.66. The van der Waals surface area contributed by atoms with Crippen LogP contribution in [-0.4, -0.2) is 30.9 Å². The smallest absolute Gasteiger partial charge is 0.466 e. The van der Waals surface area contributed by atoms with E-state index < -0.39 is 5.41 Å². The van der Waals surface area contributed by atoms with Crippen molar-refractivity contribution in [3.8, 4) is 0 Å². The Labute approximate surface area is 128 Å². The Kier molecular flexibility index (Phi) is 4.29. The van der Waals surface area contributed by atoms with Crippen molar-refractivity contribution >= 4 is 13.1 Å². The molecule has 0 bridgehead atoms. The average molecular weight is 293 g/mol. The second kappa shape index (κ2) is 5.43. The first-order chi connectivity index (χ1) is 9.61. The van der Waals surface area contributed by atoms with Crippen molar-refractivity contribution in [2.45, 2.75) is 65.1 Å². The number of rotatable bonds is 3. The molecule has 0 N–H and O–H groups in total. The number of esters is 1. The van der Waals surface area contributed by atoms with E-state index in [9.17, 15) is 4.79 Å². The molecule has 117 valence electrons. The Morgan fingerprint density at radius 2 is 1.90 bits per heavy atom. The van der Waals surface area contributed by atoms with E-state index in [0.717, 1.165) is 11.9 Å². The molecule has 0 aromatic carbocycles. The lowest BCUT2D eigenvalue weighted by molar-refractivity contribution is -0.153. The number of hydrogen-bond acceptors (Lipinski definition) is 4. The summed E-state index contributed by atoms with van der Waals surface area (Å²) in [6, 6.07) is 0. The zero-order chi connectivity index (χ0) is 15.9. The van der Waals surface area contributed by atoms with Crippen molar-refractivity contribution in [3.63, 3.8) is 0 Å². The summed E-state index contributed by atoms with van der Waals surface area (Å²) in [6.45, 7) is 14.4. The molecular formula is C16H26BO4. The van der Waals surface area contributed by atoms with E-state index in [1.165, 1.54) is 0 Å². The summed E-state index contributed by atoms with van der Waals surface area (Å²) in [5.74, 6) is -0.214. The molecule has 0 aromatic heterocycles. The molecule has 5 heteroatoms. The molecule has 1 aliphatic carbocycles. The highest BCUT2D eigenvalue weighted by Crippen LogP contribution is 2.43. The summed E-state index contributed by atoms with van der Waals surface area (Å²) in [5, 5.41) is 0. The maximum absolute atomic E-state index is 12.0. The minimum Gasteiger partial charge on any atom is -0.466 e. The first-order valence-electron chi connectivity index (χ1n) is 7.68. The van der Waals surface area contributed by atoms with Gasteiger partial charge in [0, 0.05) is 0 Å². The molecule has 1 fully saturated rings. The van der Waals surface area contributed by atoms with Gasteiger partial charge in [0.15, 0.2) is 0 Å². The summed E-state index contributed by atoms with van der Waals surface area (Å²) in [7, 11) is -0.318. The first-order valence-corrected chi connectivity index (χ1v) is 7.68. The first kappa shape index (κ1) is 16.6. The number of allylic oxidation sites excluding steroid dienone is 2. The molecule has 2 aliphatic rings. The maximum atomic E-state index is 12.0. The summed E-state index contributed by atoms with van der Waals surface area (Å²) in [6.07, 6.45) is 4.03. The highest BCUT2D eigenvalue weighted by atomic mass is 16.7. The van der Waals surface area contributed by atoms with Gasteiger partial charge in [0.25, 0.3) is 0 Å². The van der Waals surface area contributed by atoms with E-state index in [2.05, 4.69) is 6.92 Å². The van der Waals surface area contributed by atoms with Crippen LogP contribution >= 0.6 is 0 Å². The summed E-state index contributed by atoms with van der Waals surface area (Å²) >= 11 is 0. The molecule has 0 aromatic rings. The van der Waals surface area contributed by atoms with E-state index in [1.807, 2.05) is 40.7 Å². The molecule has 1 atom stereocenters. The normalized spacial score (nSPS) is 31.0. The van der Waals surface area contributed by atoms with E-state index in [1.54, 1.807) is 0 Å². The number of carbonyl (C=O) groups excluding carboxylic acids is 1. The largest absolute Gasteiger partial charge is 0.490 e. The zero-order valence-corrected chi connectivity index (χ0v) is 13.8. The van der Waals surface area contributed by atoms with Crippen LogP contribution in [-0.2, 0) is 18.8 Å². The number of carbonyl (C=O) groups is 1. The van der Waals surface area contributed by atoms with Crippen LogP contribution in [0.5, 0.6) is 0 Å². The van der Waals surface area contributed by atoms with E-state index in [4.69, 9.17) is 14.0 Å². The third-order valence-electron chi connectivity index (χ3n) is 4.91. The van der Waals surface area contributed by atoms with Gasteiger partial charge in [0.2, 0.25) is 0 Å². The molecule has 4 nitrogen and oxygen atoms in total. The fraction of sp³-hybridized carbons (Fsp3) is 0.750. The minimum absolute atomic E-state index is 0.214. The molecule has 1 radical (unpaired) electrons. The van der Waals surface area contributed by atoms with Crippen LogP contribution in [0.1, 0.15) is 53.9 Å². The van der Waals surface area contributed by atoms with E-state index in [-0.39, 0.29) is 24.3 Å². The van der Waals surface area contributed by atoms with Gasteiger partial charge in [-0.05, 0) is 66.3 Å². The predicted octanol–water partition coefficient (Wildman–Crippen LogP) is 3.11. The van der Waals surface area contributed by atoms with Gasteiger partial charge in [-0.1, -0.05) is 6.08 Å². The van der Waals surface area contributed by atoms with Gasteiger partial charge in [-0.25, -0.2) is 0 Å². The topological polar surface area (TPSA) is 44.8 Å². The molecule has 1 saturated heterocycles. The molecule has 0 spiro atoms. The van der Waals surface area contributed by atoms with Crippen molar-refractivity contribution in [2.75, 3.05) is 6.61 Å². The van der Waals surface area contributed by atoms with Gasteiger partial charge in [-0.3, -0.25) is 4.79 Å². The predicted molar refractivity (Wildman–Crippen MR) is 82.4 cm³/mol. The second-order valence-corrected chi connectivity index (χ2v) is 7.07. The number of hydrogen-bond donors (Lipinski definition) is 0. The summed E-state index contributed by atoms with van der Waals surface area (Å²) in [4.78, 5) is 12.0. The molecule has 1 aliphatic heterocycles. The maximum Gasteiger partial charge on any atom is 0.490 e. The third-order valence-corrected chi connectivity index (χ3v) is 4.91. The summed E-state index contributed by atoms with van der Waals surface area (Å²) in [5.41, 5.74) is -0.224. The van der Waals surface area contributed by atoms with Gasteiger partial charge < -0.3 is 14.0 Å². The second-order valence-electron chi connectivity index (χ2n) is 7.07. The Hall–Kier alpha value is -0.805. The van der Waals surface area contributed by atoms with Crippen LogP contribution in [0.2, 0.25) is 0 Å². The van der Waals surface area contributed by atoms with Gasteiger partial charge in [0.1, 0.15) is 0 Å². The molecule has 21 heavy (non-hydrogen) atoms. The van der Waals surface area contributed by atoms with Crippen molar-refractivity contribution in [1.29, 1.82) is 0 Å². The Morgan fingerprint density at radius 1 is 1.33 bits per heavy atom. The fourth-order valence-electron chi connectivity index (χ4n) is 2.59. The SMILES string of the molecule is [CH2]C1(C(=O)OCC)CC=C(B2OC(C)(C)C(C)(C)O2)CC1. The molecule has 2 rings (SSSR count). The van der Waals surface area contributed by atoms with Crippen LogP contribution in [0.15, 0.2) is 11.5 Å². The lowest BCUT2D eigenvalue weighted by Gasteiger charge is -2.32. The molecule has 0 saturated carbocycles. The van der Waals surface area contributed by atoms with Crippen LogP contribution < -0.4 is 0 Å². The van der Waals surface area contributed by atoms with Gasteiger partial charge in [-0.15, -0.1) is 0 Å². The van der Waals surface area contributed by atoms with Crippen molar-refractivity contribution in [2.24, 2.45) is 5.41 Å². The number of ether oxygens (including phenoxy) is 1. The Bertz CT molecular complexity index is 439. The van der Waals surface area contributed by atoms with Gasteiger partial charge >= 0.3 is 13.1 Å². The van der Waals surface area contributed by atoms with Crippen molar-refractivity contribution in [1.82, 2.24) is 0 Å².